The third-order valence-corrected chi connectivity index (χ3v) is 6.55. The second-order valence-electron chi connectivity index (χ2n) is 6.36. The minimum atomic E-state index is -0.382. The number of nitrogens with zero attached hydrogens (tertiary/aromatic N) is 4. The predicted molar refractivity (Wildman–Crippen MR) is 110 cm³/mol. The number of piperazine rings is 1. The zero-order valence-corrected chi connectivity index (χ0v) is 17.1. The Labute approximate surface area is 175 Å². The minimum absolute atomic E-state index is 0.0303. The molecule has 0 saturated carbocycles. The van der Waals surface area contributed by atoms with E-state index in [-0.39, 0.29) is 24.4 Å². The molecule has 0 bridgehead atoms. The number of hydrogen-bond acceptors (Lipinski definition) is 9. The molecule has 0 aliphatic carbocycles. The summed E-state index contributed by atoms with van der Waals surface area (Å²) in [4.78, 5) is 27.3. The smallest absolute Gasteiger partial charge is 0.246 e. The van der Waals surface area contributed by atoms with Gasteiger partial charge in [0.2, 0.25) is 23.7 Å². The second kappa shape index (κ2) is 8.70. The van der Waals surface area contributed by atoms with Gasteiger partial charge in [0.1, 0.15) is 0 Å². The Morgan fingerprint density at radius 2 is 1.97 bits per heavy atom. The highest BCUT2D eigenvalue weighted by Crippen LogP contribution is 2.33. The lowest BCUT2D eigenvalue weighted by Crippen LogP contribution is -2.48. The molecule has 29 heavy (non-hydrogen) atoms. The molecule has 9 nitrogen and oxygen atoms in total. The normalized spacial score (nSPS) is 15.9. The lowest BCUT2D eigenvalue weighted by atomic mass is 10.2. The Kier molecular flexibility index (Phi) is 5.86. The minimum Gasteiger partial charge on any atom is -0.454 e. The number of fused-ring (bicyclic) bond motifs is 1. The van der Waals surface area contributed by atoms with E-state index in [9.17, 15) is 9.59 Å². The molecular formula is C18H19N5O4S2. The van der Waals surface area contributed by atoms with E-state index in [1.165, 1.54) is 23.1 Å². The third-order valence-electron chi connectivity index (χ3n) is 4.41. The van der Waals surface area contributed by atoms with Gasteiger partial charge in [0.05, 0.1) is 5.75 Å². The highest BCUT2D eigenvalue weighted by atomic mass is 32.2. The van der Waals surface area contributed by atoms with Crippen molar-refractivity contribution < 1.29 is 19.1 Å². The van der Waals surface area contributed by atoms with Gasteiger partial charge < -0.3 is 25.0 Å². The van der Waals surface area contributed by atoms with Crippen LogP contribution in [0.2, 0.25) is 0 Å². The molecule has 1 aromatic heterocycles. The summed E-state index contributed by atoms with van der Waals surface area (Å²) in [5, 5.41) is 9.04. The van der Waals surface area contributed by atoms with Gasteiger partial charge in [-0.3, -0.25) is 9.59 Å². The number of benzene rings is 1. The number of amides is 2. The first kappa shape index (κ1) is 19.5. The molecule has 2 aliphatic heterocycles. The van der Waals surface area contributed by atoms with E-state index in [0.717, 1.165) is 16.4 Å². The van der Waals surface area contributed by atoms with Crippen molar-refractivity contribution in [1.82, 2.24) is 15.1 Å². The highest BCUT2D eigenvalue weighted by Gasteiger charge is 2.22. The van der Waals surface area contributed by atoms with Crippen molar-refractivity contribution >= 4 is 46.1 Å². The maximum Gasteiger partial charge on any atom is 0.246 e. The Hall–Kier alpha value is -2.79. The summed E-state index contributed by atoms with van der Waals surface area (Å²) >= 11 is 2.71. The van der Waals surface area contributed by atoms with Crippen LogP contribution in [0.5, 0.6) is 11.5 Å². The molecule has 2 N–H and O–H groups in total. The van der Waals surface area contributed by atoms with Crippen LogP contribution in [0.25, 0.3) is 6.08 Å². The molecule has 2 aliphatic rings. The predicted octanol–water partition coefficient (Wildman–Crippen LogP) is 1.21. The van der Waals surface area contributed by atoms with E-state index in [4.69, 9.17) is 15.2 Å². The monoisotopic (exact) mass is 433 g/mol. The molecule has 2 aromatic rings. The number of primary amides is 1. The third kappa shape index (κ3) is 4.80. The molecule has 4 rings (SSSR count). The fourth-order valence-corrected chi connectivity index (χ4v) is 4.56. The molecule has 3 heterocycles. The van der Waals surface area contributed by atoms with Crippen molar-refractivity contribution in [3.05, 3.63) is 29.8 Å². The van der Waals surface area contributed by atoms with Crippen molar-refractivity contribution in [2.45, 2.75) is 4.34 Å². The molecule has 0 spiro atoms. The first-order valence-corrected chi connectivity index (χ1v) is 10.7. The van der Waals surface area contributed by atoms with Gasteiger partial charge in [0.15, 0.2) is 15.8 Å². The van der Waals surface area contributed by atoms with E-state index in [0.29, 0.717) is 36.3 Å². The largest absolute Gasteiger partial charge is 0.454 e. The van der Waals surface area contributed by atoms with Crippen molar-refractivity contribution in [3.8, 4) is 11.5 Å². The molecule has 1 fully saturated rings. The SMILES string of the molecule is NC(=O)CSc1nnc(N2CCN(C(=O)/C=C/c3ccc4c(c3)OCO4)CC2)s1. The van der Waals surface area contributed by atoms with Crippen molar-refractivity contribution in [2.75, 3.05) is 43.6 Å². The van der Waals surface area contributed by atoms with Crippen molar-refractivity contribution in [2.24, 2.45) is 5.73 Å². The average Bonchev–Trinajstić information content (AvgIpc) is 3.39. The van der Waals surface area contributed by atoms with E-state index >= 15 is 0 Å². The maximum atomic E-state index is 12.5. The van der Waals surface area contributed by atoms with Crippen LogP contribution in [-0.4, -0.2) is 65.6 Å². The lowest BCUT2D eigenvalue weighted by Gasteiger charge is -2.33. The Bertz CT molecular complexity index is 940. The number of aromatic nitrogens is 2. The van der Waals surface area contributed by atoms with Gasteiger partial charge in [-0.1, -0.05) is 29.2 Å². The zero-order valence-electron chi connectivity index (χ0n) is 15.4. The van der Waals surface area contributed by atoms with Gasteiger partial charge in [-0.15, -0.1) is 10.2 Å². The molecule has 152 valence electrons. The van der Waals surface area contributed by atoms with Gasteiger partial charge in [-0.25, -0.2) is 0 Å². The maximum absolute atomic E-state index is 12.5. The second-order valence-corrected chi connectivity index (χ2v) is 8.54. The summed E-state index contributed by atoms with van der Waals surface area (Å²) in [7, 11) is 0. The Morgan fingerprint density at radius 3 is 2.76 bits per heavy atom. The number of carbonyl (C=O) groups is 2. The summed E-state index contributed by atoms with van der Waals surface area (Å²) in [6.45, 7) is 2.80. The lowest BCUT2D eigenvalue weighted by molar-refractivity contribution is -0.126. The fourth-order valence-electron chi connectivity index (χ4n) is 2.93. The van der Waals surface area contributed by atoms with Gasteiger partial charge in [-0.2, -0.15) is 0 Å². The van der Waals surface area contributed by atoms with Crippen LogP contribution in [0.1, 0.15) is 5.56 Å². The number of nitrogens with two attached hydrogens (primary N) is 1. The topological polar surface area (TPSA) is 111 Å². The van der Waals surface area contributed by atoms with Gasteiger partial charge in [-0.05, 0) is 23.8 Å². The molecular weight excluding hydrogens is 414 g/mol. The number of thioether (sulfide) groups is 1. The van der Waals surface area contributed by atoms with Crippen molar-refractivity contribution in [3.63, 3.8) is 0 Å². The van der Waals surface area contributed by atoms with Gasteiger partial charge in [0, 0.05) is 32.3 Å². The van der Waals surface area contributed by atoms with Gasteiger partial charge >= 0.3 is 0 Å². The molecule has 11 heteroatoms. The summed E-state index contributed by atoms with van der Waals surface area (Å²) in [6.07, 6.45) is 3.36. The van der Waals surface area contributed by atoms with Crippen molar-refractivity contribution in [1.29, 1.82) is 0 Å². The number of anilines is 1. The number of rotatable bonds is 6. The molecule has 1 aromatic carbocycles. The molecule has 1 saturated heterocycles. The highest BCUT2D eigenvalue weighted by molar-refractivity contribution is 8.01. The van der Waals surface area contributed by atoms with E-state index in [2.05, 4.69) is 15.1 Å². The Morgan fingerprint density at radius 1 is 1.17 bits per heavy atom. The molecule has 0 radical (unpaired) electrons. The summed E-state index contributed by atoms with van der Waals surface area (Å²) in [5.74, 6) is 1.19. The van der Waals surface area contributed by atoms with Crippen LogP contribution in [0, 0.1) is 0 Å². The van der Waals surface area contributed by atoms with Crippen LogP contribution in [-0.2, 0) is 9.59 Å². The molecule has 0 atom stereocenters. The van der Waals surface area contributed by atoms with Crippen LogP contribution in [0.15, 0.2) is 28.6 Å². The van der Waals surface area contributed by atoms with E-state index < -0.39 is 0 Å². The van der Waals surface area contributed by atoms with Crippen LogP contribution in [0.3, 0.4) is 0 Å². The number of hydrogen-bond donors (Lipinski definition) is 1. The van der Waals surface area contributed by atoms with E-state index in [1.54, 1.807) is 12.2 Å². The first-order valence-electron chi connectivity index (χ1n) is 8.95. The fraction of sp³-hybridized carbons (Fsp3) is 0.333. The Balaban J connectivity index is 1.29. The average molecular weight is 434 g/mol. The number of carbonyl (C=O) groups excluding carboxylic acids is 2. The summed E-state index contributed by atoms with van der Waals surface area (Å²) in [6, 6.07) is 5.58. The van der Waals surface area contributed by atoms with Crippen LogP contribution < -0.4 is 20.1 Å². The summed E-state index contributed by atoms with van der Waals surface area (Å²) < 4.78 is 11.4. The molecule has 0 unspecified atom stereocenters. The quantitative estimate of drug-likeness (QED) is 0.535. The number of ether oxygens (including phenoxy) is 2. The standard InChI is InChI=1S/C18H19N5O4S2/c19-15(24)10-28-18-21-20-17(29-18)23-7-5-22(6-8-23)16(25)4-2-12-1-3-13-14(9-12)27-11-26-13/h1-4,9H,5-8,10-11H2,(H2,19,24)/b4-2+. The van der Waals surface area contributed by atoms with Crippen LogP contribution in [0.4, 0.5) is 5.13 Å². The zero-order chi connectivity index (χ0) is 20.2. The van der Waals surface area contributed by atoms with Gasteiger partial charge in [0.25, 0.3) is 0 Å². The first-order chi connectivity index (χ1) is 14.1. The van der Waals surface area contributed by atoms with Crippen LogP contribution >= 0.6 is 23.1 Å². The summed E-state index contributed by atoms with van der Waals surface area (Å²) in [5.41, 5.74) is 6.04. The molecule has 2 amide bonds. The van der Waals surface area contributed by atoms with E-state index in [1.807, 2.05) is 23.1 Å².